The van der Waals surface area contributed by atoms with Gasteiger partial charge in [-0.1, -0.05) is 0 Å². The topological polar surface area (TPSA) is 42.1 Å². The van der Waals surface area contributed by atoms with E-state index < -0.39 is 12.2 Å². The monoisotopic (exact) mass is 225 g/mol. The van der Waals surface area contributed by atoms with Crippen LogP contribution in [-0.2, 0) is 0 Å². The van der Waals surface area contributed by atoms with Gasteiger partial charge in [-0.2, -0.15) is 0 Å². The van der Waals surface area contributed by atoms with E-state index in [4.69, 9.17) is 4.74 Å². The highest BCUT2D eigenvalue weighted by Crippen LogP contribution is 2.25. The maximum absolute atomic E-state index is 12.3. The van der Waals surface area contributed by atoms with Crippen LogP contribution in [-0.4, -0.2) is 24.3 Å². The van der Waals surface area contributed by atoms with Crippen molar-refractivity contribution in [2.24, 2.45) is 0 Å². The number of nitrogens with one attached hydrogen (secondary N) is 1. The number of ether oxygens (including phenoxy) is 1. The summed E-state index contributed by atoms with van der Waals surface area (Å²) in [5.74, 6) is -0.657. The van der Waals surface area contributed by atoms with Gasteiger partial charge in [0.25, 0.3) is 0 Å². The van der Waals surface area contributed by atoms with Gasteiger partial charge in [-0.15, -0.1) is 0 Å². The van der Waals surface area contributed by atoms with Crippen LogP contribution in [0.25, 0.3) is 10.9 Å². The molecule has 3 nitrogen and oxygen atoms in total. The third kappa shape index (κ3) is 1.64. The van der Waals surface area contributed by atoms with Crippen LogP contribution in [0, 0.1) is 0 Å². The van der Waals surface area contributed by atoms with E-state index >= 15 is 0 Å². The Morgan fingerprint density at radius 2 is 2.19 bits per heavy atom. The fourth-order valence-electron chi connectivity index (χ4n) is 1.55. The molecule has 0 fully saturated rings. The maximum Gasteiger partial charge on any atom is 0.300 e. The van der Waals surface area contributed by atoms with Gasteiger partial charge in [-0.25, -0.2) is 8.78 Å². The van der Waals surface area contributed by atoms with Gasteiger partial charge in [0.1, 0.15) is 5.75 Å². The Hall–Kier alpha value is -1.91. The van der Waals surface area contributed by atoms with E-state index in [2.05, 4.69) is 4.98 Å². The first-order valence-electron chi connectivity index (χ1n) is 4.61. The number of hydrogen-bond donors (Lipinski definition) is 1. The number of aromatic nitrogens is 1. The predicted octanol–water partition coefficient (Wildman–Crippen LogP) is 2.62. The van der Waals surface area contributed by atoms with Crippen LogP contribution in [0.4, 0.5) is 8.78 Å². The number of fused-ring (bicyclic) bond motifs is 1. The van der Waals surface area contributed by atoms with Gasteiger partial charge >= 0.3 is 6.43 Å². The molecular formula is C11H9F2NO2. The molecule has 0 atom stereocenters. The minimum absolute atomic E-state index is 0.0103. The third-order valence-corrected chi connectivity index (χ3v) is 2.35. The third-order valence-electron chi connectivity index (χ3n) is 2.35. The number of methoxy groups -OCH3 is 1. The number of alkyl halides is 2. The van der Waals surface area contributed by atoms with E-state index in [0.717, 1.165) is 0 Å². The number of hydrogen-bond acceptors (Lipinski definition) is 2. The first-order valence-corrected chi connectivity index (χ1v) is 4.61. The molecule has 0 saturated heterocycles. The lowest BCUT2D eigenvalue weighted by molar-refractivity contribution is 0.0680. The van der Waals surface area contributed by atoms with Crippen molar-refractivity contribution >= 4 is 16.7 Å². The SMILES string of the molecule is COc1ccc2[nH]cc(C(=O)C(F)F)c2c1. The molecular weight excluding hydrogens is 216 g/mol. The van der Waals surface area contributed by atoms with Crippen molar-refractivity contribution in [3.63, 3.8) is 0 Å². The number of H-pyrrole nitrogens is 1. The molecule has 0 saturated carbocycles. The Morgan fingerprint density at radius 3 is 2.81 bits per heavy atom. The Bertz CT molecular complexity index is 534. The van der Waals surface area contributed by atoms with Crippen LogP contribution in [0.2, 0.25) is 0 Å². The van der Waals surface area contributed by atoms with Crippen molar-refractivity contribution < 1.29 is 18.3 Å². The van der Waals surface area contributed by atoms with Crippen LogP contribution in [0.15, 0.2) is 24.4 Å². The van der Waals surface area contributed by atoms with Crippen LogP contribution in [0.5, 0.6) is 5.75 Å². The van der Waals surface area contributed by atoms with Crippen molar-refractivity contribution in [3.05, 3.63) is 30.0 Å². The van der Waals surface area contributed by atoms with Gasteiger partial charge in [0.05, 0.1) is 7.11 Å². The van der Waals surface area contributed by atoms with Gasteiger partial charge < -0.3 is 9.72 Å². The summed E-state index contributed by atoms with van der Waals surface area (Å²) >= 11 is 0. The molecule has 2 rings (SSSR count). The molecule has 5 heteroatoms. The second-order valence-electron chi connectivity index (χ2n) is 3.28. The van der Waals surface area contributed by atoms with E-state index in [9.17, 15) is 13.6 Å². The summed E-state index contributed by atoms with van der Waals surface area (Å²) in [5, 5.41) is 0.449. The lowest BCUT2D eigenvalue weighted by atomic mass is 10.1. The Morgan fingerprint density at radius 1 is 1.44 bits per heavy atom. The molecule has 0 aliphatic carbocycles. The highest BCUT2D eigenvalue weighted by molar-refractivity contribution is 6.09. The quantitative estimate of drug-likeness (QED) is 0.816. The molecule has 16 heavy (non-hydrogen) atoms. The van der Waals surface area contributed by atoms with E-state index in [1.807, 2.05) is 0 Å². The molecule has 0 bridgehead atoms. The summed E-state index contributed by atoms with van der Waals surface area (Å²) in [5.41, 5.74) is 0.619. The van der Waals surface area contributed by atoms with Crippen molar-refractivity contribution in [1.29, 1.82) is 0 Å². The standard InChI is InChI=1S/C11H9F2NO2/c1-16-6-2-3-9-7(4-6)8(5-14-9)10(15)11(12)13/h2-5,11,14H,1H3. The average Bonchev–Trinajstić information content (AvgIpc) is 2.70. The van der Waals surface area contributed by atoms with Crippen LogP contribution >= 0.6 is 0 Å². The molecule has 2 aromatic rings. The molecule has 0 aliphatic rings. The average molecular weight is 225 g/mol. The number of aromatic amines is 1. The minimum Gasteiger partial charge on any atom is -0.497 e. The predicted molar refractivity (Wildman–Crippen MR) is 55.2 cm³/mol. The smallest absolute Gasteiger partial charge is 0.300 e. The van der Waals surface area contributed by atoms with Crippen LogP contribution < -0.4 is 4.74 Å². The van der Waals surface area contributed by atoms with Crippen molar-refractivity contribution in [2.45, 2.75) is 6.43 Å². The zero-order chi connectivity index (χ0) is 11.7. The second-order valence-corrected chi connectivity index (χ2v) is 3.28. The summed E-state index contributed by atoms with van der Waals surface area (Å²) in [6, 6.07) is 4.92. The van der Waals surface area contributed by atoms with E-state index in [-0.39, 0.29) is 5.56 Å². The number of ketones is 1. The van der Waals surface area contributed by atoms with Gasteiger partial charge in [0.2, 0.25) is 5.78 Å². The second kappa shape index (κ2) is 3.92. The fourth-order valence-corrected chi connectivity index (χ4v) is 1.55. The van der Waals surface area contributed by atoms with Crippen molar-refractivity contribution in [3.8, 4) is 5.75 Å². The first kappa shape index (κ1) is 10.6. The van der Waals surface area contributed by atoms with Crippen LogP contribution in [0.3, 0.4) is 0 Å². The van der Waals surface area contributed by atoms with Crippen LogP contribution in [0.1, 0.15) is 10.4 Å². The molecule has 0 unspecified atom stereocenters. The number of Topliss-reactive ketones (excluding diaryl/α,β-unsaturated/α-hetero) is 1. The van der Waals surface area contributed by atoms with Gasteiger partial charge in [0, 0.05) is 22.7 Å². The summed E-state index contributed by atoms with van der Waals surface area (Å²) in [6.45, 7) is 0. The first-order chi connectivity index (χ1) is 7.63. The molecule has 1 aromatic carbocycles. The van der Waals surface area contributed by atoms with Gasteiger partial charge in [-0.05, 0) is 18.2 Å². The molecule has 1 aromatic heterocycles. The van der Waals surface area contributed by atoms with Crippen molar-refractivity contribution in [2.75, 3.05) is 7.11 Å². The lowest BCUT2D eigenvalue weighted by Crippen LogP contribution is -2.09. The molecule has 1 heterocycles. The number of halogens is 2. The minimum atomic E-state index is -3.00. The fraction of sp³-hybridized carbons (Fsp3) is 0.182. The summed E-state index contributed by atoms with van der Waals surface area (Å²) in [6.07, 6.45) is -1.70. The normalized spacial score (nSPS) is 11.0. The molecule has 0 spiro atoms. The van der Waals surface area contributed by atoms with Crippen molar-refractivity contribution in [1.82, 2.24) is 4.98 Å². The lowest BCUT2D eigenvalue weighted by Gasteiger charge is -2.00. The highest BCUT2D eigenvalue weighted by atomic mass is 19.3. The zero-order valence-electron chi connectivity index (χ0n) is 8.46. The molecule has 0 amide bonds. The summed E-state index contributed by atoms with van der Waals surface area (Å²) < 4.78 is 29.6. The number of rotatable bonds is 3. The Labute approximate surface area is 90.0 Å². The summed E-state index contributed by atoms with van der Waals surface area (Å²) in [7, 11) is 1.47. The van der Waals surface area contributed by atoms with Gasteiger partial charge in [-0.3, -0.25) is 4.79 Å². The van der Waals surface area contributed by atoms with E-state index in [1.54, 1.807) is 18.2 Å². The molecule has 1 N–H and O–H groups in total. The van der Waals surface area contributed by atoms with E-state index in [0.29, 0.717) is 16.7 Å². The zero-order valence-corrected chi connectivity index (χ0v) is 8.46. The molecule has 0 aliphatic heterocycles. The molecule has 84 valence electrons. The van der Waals surface area contributed by atoms with E-state index in [1.165, 1.54) is 13.3 Å². The van der Waals surface area contributed by atoms with Gasteiger partial charge in [0.15, 0.2) is 0 Å². The number of carbonyl (C=O) groups is 1. The number of benzene rings is 1. The largest absolute Gasteiger partial charge is 0.497 e. The Kier molecular flexibility index (Phi) is 2.60. The Balaban J connectivity index is 2.58. The molecule has 0 radical (unpaired) electrons. The summed E-state index contributed by atoms with van der Waals surface area (Å²) in [4.78, 5) is 14.0. The number of carbonyl (C=O) groups excluding carboxylic acids is 1. The highest BCUT2D eigenvalue weighted by Gasteiger charge is 2.21. The maximum atomic E-state index is 12.3.